The van der Waals surface area contributed by atoms with Gasteiger partial charge in [0.15, 0.2) is 16.3 Å². The van der Waals surface area contributed by atoms with Gasteiger partial charge < -0.3 is 14.0 Å². The van der Waals surface area contributed by atoms with Gasteiger partial charge in [-0.25, -0.2) is 4.39 Å². The molecule has 1 aromatic heterocycles. The van der Waals surface area contributed by atoms with Crippen molar-refractivity contribution in [1.82, 2.24) is 4.57 Å². The molecule has 0 aliphatic heterocycles. The monoisotopic (exact) mass is 360 g/mol. The smallest absolute Gasteiger partial charge is 0.279 e. The summed E-state index contributed by atoms with van der Waals surface area (Å²) in [4.78, 5) is 17.2. The molecule has 0 aliphatic rings. The quantitative estimate of drug-likeness (QED) is 0.714. The summed E-state index contributed by atoms with van der Waals surface area (Å²) in [7, 11) is 3.16. The first-order valence-corrected chi connectivity index (χ1v) is 8.49. The average Bonchev–Trinajstić information content (AvgIpc) is 2.96. The molecule has 2 aromatic carbocycles. The molecule has 0 fully saturated rings. The summed E-state index contributed by atoms with van der Waals surface area (Å²) in [6, 6.07) is 9.09. The van der Waals surface area contributed by atoms with Crippen LogP contribution in [-0.4, -0.2) is 24.7 Å². The maximum atomic E-state index is 13.0. The summed E-state index contributed by atoms with van der Waals surface area (Å²) in [6.07, 6.45) is 0. The van der Waals surface area contributed by atoms with Crippen molar-refractivity contribution in [3.63, 3.8) is 0 Å². The van der Waals surface area contributed by atoms with Crippen LogP contribution in [0.3, 0.4) is 0 Å². The number of benzene rings is 2. The number of rotatable bonds is 4. The van der Waals surface area contributed by atoms with E-state index in [0.717, 1.165) is 10.2 Å². The lowest BCUT2D eigenvalue weighted by molar-refractivity contribution is 0.0998. The summed E-state index contributed by atoms with van der Waals surface area (Å²) in [5.41, 5.74) is 1.26. The predicted octanol–water partition coefficient (Wildman–Crippen LogP) is 3.62. The number of amides is 1. The largest absolute Gasteiger partial charge is 0.493 e. The Labute approximate surface area is 148 Å². The summed E-state index contributed by atoms with van der Waals surface area (Å²) < 4.78 is 26.6. The number of carbonyl (C=O) groups excluding carboxylic acids is 1. The van der Waals surface area contributed by atoms with Crippen LogP contribution in [0.2, 0.25) is 0 Å². The molecule has 0 saturated heterocycles. The molecule has 7 heteroatoms. The third kappa shape index (κ3) is 3.28. The van der Waals surface area contributed by atoms with Gasteiger partial charge in [-0.15, -0.1) is 0 Å². The fraction of sp³-hybridized carbons (Fsp3) is 0.222. The molecule has 0 aliphatic carbocycles. The Balaban J connectivity index is 2.15. The highest BCUT2D eigenvalue weighted by molar-refractivity contribution is 7.16. The van der Waals surface area contributed by atoms with Crippen molar-refractivity contribution in [3.05, 3.63) is 52.6 Å². The van der Waals surface area contributed by atoms with Crippen molar-refractivity contribution in [2.45, 2.75) is 13.5 Å². The van der Waals surface area contributed by atoms with Gasteiger partial charge in [0.05, 0.1) is 24.4 Å². The number of carbonyl (C=O) groups is 1. The molecule has 1 heterocycles. The van der Waals surface area contributed by atoms with Crippen LogP contribution in [-0.2, 0) is 6.54 Å². The molecule has 25 heavy (non-hydrogen) atoms. The molecule has 0 atom stereocenters. The van der Waals surface area contributed by atoms with E-state index in [4.69, 9.17) is 9.47 Å². The third-order valence-corrected chi connectivity index (χ3v) is 4.83. The van der Waals surface area contributed by atoms with Crippen LogP contribution in [0.15, 0.2) is 41.4 Å². The lowest BCUT2D eigenvalue weighted by Gasteiger charge is -2.08. The number of methoxy groups -OCH3 is 2. The van der Waals surface area contributed by atoms with E-state index in [1.807, 2.05) is 23.6 Å². The van der Waals surface area contributed by atoms with E-state index in [1.165, 1.54) is 35.6 Å². The van der Waals surface area contributed by atoms with Gasteiger partial charge in [0.1, 0.15) is 5.82 Å². The third-order valence-electron chi connectivity index (χ3n) is 3.79. The zero-order chi connectivity index (χ0) is 18.0. The van der Waals surface area contributed by atoms with Crippen LogP contribution < -0.4 is 14.3 Å². The lowest BCUT2D eigenvalue weighted by atomic mass is 10.2. The highest BCUT2D eigenvalue weighted by atomic mass is 32.1. The lowest BCUT2D eigenvalue weighted by Crippen LogP contribution is -2.15. The molecule has 0 N–H and O–H groups in total. The molecule has 3 aromatic rings. The minimum atomic E-state index is -0.410. The predicted molar refractivity (Wildman–Crippen MR) is 94.9 cm³/mol. The van der Waals surface area contributed by atoms with E-state index in [2.05, 4.69) is 4.99 Å². The zero-order valence-corrected chi connectivity index (χ0v) is 14.9. The highest BCUT2D eigenvalue weighted by Gasteiger charge is 2.13. The SMILES string of the molecule is CCn1c(=NC(=O)c2ccc(F)cc2)sc2cc(OC)c(OC)cc21. The van der Waals surface area contributed by atoms with Crippen LogP contribution in [0, 0.1) is 5.82 Å². The first-order valence-electron chi connectivity index (χ1n) is 7.67. The normalized spacial score (nSPS) is 11.8. The van der Waals surface area contributed by atoms with Crippen molar-refractivity contribution >= 4 is 27.5 Å². The summed E-state index contributed by atoms with van der Waals surface area (Å²) >= 11 is 1.39. The number of hydrogen-bond acceptors (Lipinski definition) is 4. The average molecular weight is 360 g/mol. The van der Waals surface area contributed by atoms with Gasteiger partial charge in [0, 0.05) is 24.2 Å². The van der Waals surface area contributed by atoms with Crippen molar-refractivity contribution in [2.24, 2.45) is 4.99 Å². The van der Waals surface area contributed by atoms with Gasteiger partial charge in [-0.2, -0.15) is 4.99 Å². The van der Waals surface area contributed by atoms with Gasteiger partial charge in [-0.1, -0.05) is 11.3 Å². The number of thiazole rings is 1. The van der Waals surface area contributed by atoms with Crippen molar-refractivity contribution in [3.8, 4) is 11.5 Å². The maximum absolute atomic E-state index is 13.0. The molecule has 130 valence electrons. The van der Waals surface area contributed by atoms with E-state index < -0.39 is 5.91 Å². The second kappa shape index (κ2) is 7.06. The molecule has 0 unspecified atom stereocenters. The van der Waals surface area contributed by atoms with Crippen LogP contribution in [0.1, 0.15) is 17.3 Å². The highest BCUT2D eigenvalue weighted by Crippen LogP contribution is 2.33. The molecule has 1 amide bonds. The number of hydrogen-bond donors (Lipinski definition) is 0. The molecule has 3 rings (SSSR count). The summed E-state index contributed by atoms with van der Waals surface area (Å²) in [5, 5.41) is 0. The summed E-state index contributed by atoms with van der Waals surface area (Å²) in [6.45, 7) is 2.62. The Morgan fingerprint density at radius 1 is 1.16 bits per heavy atom. The Kier molecular flexibility index (Phi) is 4.85. The number of aromatic nitrogens is 1. The van der Waals surface area contributed by atoms with E-state index in [1.54, 1.807) is 14.2 Å². The van der Waals surface area contributed by atoms with Crippen LogP contribution in [0.5, 0.6) is 11.5 Å². The Morgan fingerprint density at radius 3 is 2.40 bits per heavy atom. The second-order valence-electron chi connectivity index (χ2n) is 5.23. The fourth-order valence-corrected chi connectivity index (χ4v) is 3.63. The van der Waals surface area contributed by atoms with Crippen LogP contribution >= 0.6 is 11.3 Å². The number of halogens is 1. The number of nitrogens with zero attached hydrogens (tertiary/aromatic N) is 2. The number of aryl methyl sites for hydroxylation is 1. The van der Waals surface area contributed by atoms with E-state index >= 15 is 0 Å². The van der Waals surface area contributed by atoms with Gasteiger partial charge in [-0.05, 0) is 31.2 Å². The topological polar surface area (TPSA) is 52.8 Å². The van der Waals surface area contributed by atoms with Crippen LogP contribution in [0.25, 0.3) is 10.2 Å². The first-order chi connectivity index (χ1) is 12.1. The van der Waals surface area contributed by atoms with Gasteiger partial charge in [0.25, 0.3) is 5.91 Å². The molecule has 5 nitrogen and oxygen atoms in total. The molecule has 0 spiro atoms. The van der Waals surface area contributed by atoms with Crippen molar-refractivity contribution < 1.29 is 18.7 Å². The van der Waals surface area contributed by atoms with Gasteiger partial charge >= 0.3 is 0 Å². The molecule has 0 saturated carbocycles. The minimum absolute atomic E-state index is 0.344. The molecule has 0 radical (unpaired) electrons. The second-order valence-corrected chi connectivity index (χ2v) is 6.24. The number of ether oxygens (including phenoxy) is 2. The zero-order valence-electron chi connectivity index (χ0n) is 14.1. The van der Waals surface area contributed by atoms with E-state index in [9.17, 15) is 9.18 Å². The van der Waals surface area contributed by atoms with Gasteiger partial charge in [0.2, 0.25) is 0 Å². The molecule has 0 bridgehead atoms. The minimum Gasteiger partial charge on any atom is -0.493 e. The van der Waals surface area contributed by atoms with Gasteiger partial charge in [-0.3, -0.25) is 4.79 Å². The molecular formula is C18H17FN2O3S. The fourth-order valence-electron chi connectivity index (χ4n) is 2.53. The Hall–Kier alpha value is -2.67. The number of fused-ring (bicyclic) bond motifs is 1. The van der Waals surface area contributed by atoms with Crippen molar-refractivity contribution in [1.29, 1.82) is 0 Å². The standard InChI is InChI=1S/C18H17FN2O3S/c1-4-21-13-9-14(23-2)15(24-3)10-16(13)25-18(21)20-17(22)11-5-7-12(19)8-6-11/h5-10H,4H2,1-3H3. The van der Waals surface area contributed by atoms with Crippen LogP contribution in [0.4, 0.5) is 4.39 Å². The Bertz CT molecular complexity index is 990. The van der Waals surface area contributed by atoms with E-state index in [-0.39, 0.29) is 5.82 Å². The van der Waals surface area contributed by atoms with E-state index in [0.29, 0.717) is 28.4 Å². The summed E-state index contributed by atoms with van der Waals surface area (Å²) in [5.74, 6) is 0.441. The molecular weight excluding hydrogens is 343 g/mol. The Morgan fingerprint density at radius 2 is 1.80 bits per heavy atom. The van der Waals surface area contributed by atoms with Crippen molar-refractivity contribution in [2.75, 3.05) is 14.2 Å². The first kappa shape index (κ1) is 17.2. The maximum Gasteiger partial charge on any atom is 0.279 e.